The summed E-state index contributed by atoms with van der Waals surface area (Å²) in [6, 6.07) is 0. The van der Waals surface area contributed by atoms with Crippen LogP contribution in [0.5, 0.6) is 0 Å². The van der Waals surface area contributed by atoms with Crippen LogP contribution in [0.15, 0.2) is 11.1 Å². The highest BCUT2D eigenvalue weighted by Crippen LogP contribution is 2.70. The van der Waals surface area contributed by atoms with Crippen molar-refractivity contribution in [3.05, 3.63) is 11.1 Å². The van der Waals surface area contributed by atoms with Crippen molar-refractivity contribution in [2.75, 3.05) is 0 Å². The fourth-order valence-corrected chi connectivity index (χ4v) is 5.64. The first-order valence-electron chi connectivity index (χ1n) is 7.61. The third kappa shape index (κ3) is 1.25. The first kappa shape index (κ1) is 11.8. The van der Waals surface area contributed by atoms with Crippen LogP contribution in [0, 0.1) is 28.6 Å². The van der Waals surface area contributed by atoms with E-state index in [9.17, 15) is 0 Å². The molecule has 0 nitrogen and oxygen atoms in total. The van der Waals surface area contributed by atoms with Gasteiger partial charge in [-0.1, -0.05) is 51.7 Å². The maximum Gasteiger partial charge on any atom is -0.00538 e. The Morgan fingerprint density at radius 1 is 1.06 bits per heavy atom. The molecule has 2 unspecified atom stereocenters. The molecule has 0 radical (unpaired) electrons. The van der Waals surface area contributed by atoms with Gasteiger partial charge in [0.05, 0.1) is 0 Å². The van der Waals surface area contributed by atoms with Gasteiger partial charge in [-0.25, -0.2) is 0 Å². The summed E-state index contributed by atoms with van der Waals surface area (Å²) in [5.41, 5.74) is 4.74. The molecule has 3 aliphatic rings. The quantitative estimate of drug-likeness (QED) is 0.545. The molecule has 0 aromatic heterocycles. The monoisotopic (exact) mass is 232 g/mol. The summed E-state index contributed by atoms with van der Waals surface area (Å²) in [4.78, 5) is 0. The van der Waals surface area contributed by atoms with Crippen molar-refractivity contribution < 1.29 is 0 Å². The molecule has 0 aliphatic heterocycles. The fourth-order valence-electron chi connectivity index (χ4n) is 5.64. The van der Waals surface area contributed by atoms with Gasteiger partial charge >= 0.3 is 0 Å². The third-order valence-electron chi connectivity index (χ3n) is 7.00. The zero-order chi connectivity index (χ0) is 12.4. The minimum absolute atomic E-state index is 0.519. The van der Waals surface area contributed by atoms with Crippen LogP contribution in [0.2, 0.25) is 0 Å². The summed E-state index contributed by atoms with van der Waals surface area (Å²) in [7, 11) is 0. The van der Waals surface area contributed by atoms with E-state index in [2.05, 4.69) is 34.6 Å². The van der Waals surface area contributed by atoms with Crippen LogP contribution in [0.25, 0.3) is 0 Å². The normalized spacial score (nSPS) is 48.2. The first-order chi connectivity index (χ1) is 7.89. The van der Waals surface area contributed by atoms with Gasteiger partial charge in [-0.05, 0) is 54.8 Å². The second kappa shape index (κ2) is 3.39. The molecule has 0 spiro atoms. The summed E-state index contributed by atoms with van der Waals surface area (Å²) in [5, 5.41) is 0. The minimum atomic E-state index is 0.519. The van der Waals surface area contributed by atoms with E-state index in [1.165, 1.54) is 32.1 Å². The minimum Gasteiger partial charge on any atom is -0.0696 e. The number of hydrogen-bond acceptors (Lipinski definition) is 0. The predicted octanol–water partition coefficient (Wildman–Crippen LogP) is 5.20. The van der Waals surface area contributed by atoms with Gasteiger partial charge < -0.3 is 0 Å². The molecule has 0 amide bonds. The van der Waals surface area contributed by atoms with Gasteiger partial charge in [0.25, 0.3) is 0 Å². The Morgan fingerprint density at radius 2 is 1.76 bits per heavy atom. The Bertz CT molecular complexity index is 373. The largest absolute Gasteiger partial charge is 0.0696 e. The van der Waals surface area contributed by atoms with Gasteiger partial charge in [-0.3, -0.25) is 0 Å². The van der Waals surface area contributed by atoms with Crippen LogP contribution in [0.1, 0.15) is 66.7 Å². The van der Waals surface area contributed by atoms with Crippen molar-refractivity contribution in [2.24, 2.45) is 28.6 Å². The fraction of sp³-hybridized carbons (Fsp3) is 0.882. The maximum absolute atomic E-state index is 2.57. The van der Waals surface area contributed by atoms with Crippen LogP contribution < -0.4 is 0 Å². The molecule has 4 atom stereocenters. The van der Waals surface area contributed by atoms with Gasteiger partial charge in [0.1, 0.15) is 0 Å². The SMILES string of the molecule is CC1=C(C2CCCC2C)[C@]2(C)CC[C@H]1C2(C)C. The topological polar surface area (TPSA) is 0 Å². The molecule has 0 aromatic rings. The molecule has 0 heterocycles. The van der Waals surface area contributed by atoms with Crippen LogP contribution in [0.3, 0.4) is 0 Å². The van der Waals surface area contributed by atoms with E-state index < -0.39 is 0 Å². The van der Waals surface area contributed by atoms with E-state index in [1.54, 1.807) is 5.57 Å². The number of allylic oxidation sites excluding steroid dienone is 2. The summed E-state index contributed by atoms with van der Waals surface area (Å²) < 4.78 is 0. The number of fused-ring (bicyclic) bond motifs is 2. The summed E-state index contributed by atoms with van der Waals surface area (Å²) >= 11 is 0. The van der Waals surface area contributed by atoms with Gasteiger partial charge in [0.15, 0.2) is 0 Å². The van der Waals surface area contributed by atoms with Crippen molar-refractivity contribution in [1.82, 2.24) is 0 Å². The molecule has 0 saturated heterocycles. The number of rotatable bonds is 1. The van der Waals surface area contributed by atoms with E-state index in [-0.39, 0.29) is 0 Å². The average Bonchev–Trinajstić information content (AvgIpc) is 2.77. The second-order valence-corrected chi connectivity index (χ2v) is 7.76. The van der Waals surface area contributed by atoms with Crippen molar-refractivity contribution in [2.45, 2.75) is 66.7 Å². The van der Waals surface area contributed by atoms with E-state index in [0.29, 0.717) is 10.8 Å². The van der Waals surface area contributed by atoms with E-state index >= 15 is 0 Å². The van der Waals surface area contributed by atoms with Gasteiger partial charge in [-0.2, -0.15) is 0 Å². The zero-order valence-electron chi connectivity index (χ0n) is 12.3. The second-order valence-electron chi connectivity index (χ2n) is 7.76. The highest BCUT2D eigenvalue weighted by Gasteiger charge is 2.60. The van der Waals surface area contributed by atoms with E-state index in [1.807, 2.05) is 5.57 Å². The molecule has 17 heavy (non-hydrogen) atoms. The highest BCUT2D eigenvalue weighted by molar-refractivity contribution is 5.39. The molecule has 0 N–H and O–H groups in total. The summed E-state index contributed by atoms with van der Waals surface area (Å²) in [6.07, 6.45) is 7.28. The highest BCUT2D eigenvalue weighted by atomic mass is 14.6. The van der Waals surface area contributed by atoms with Crippen LogP contribution in [-0.4, -0.2) is 0 Å². The predicted molar refractivity (Wildman–Crippen MR) is 73.8 cm³/mol. The molecule has 3 rings (SSSR count). The molecule has 3 aliphatic carbocycles. The molecule has 96 valence electrons. The summed E-state index contributed by atoms with van der Waals surface area (Å²) in [6.45, 7) is 12.6. The van der Waals surface area contributed by atoms with Crippen molar-refractivity contribution in [3.63, 3.8) is 0 Å². The lowest BCUT2D eigenvalue weighted by atomic mass is 9.64. The third-order valence-corrected chi connectivity index (χ3v) is 7.00. The van der Waals surface area contributed by atoms with Gasteiger partial charge in [-0.15, -0.1) is 0 Å². The molecule has 0 heteroatoms. The van der Waals surface area contributed by atoms with Crippen molar-refractivity contribution in [1.29, 1.82) is 0 Å². The zero-order valence-corrected chi connectivity index (χ0v) is 12.3. The maximum atomic E-state index is 2.57. The molecule has 0 aromatic carbocycles. The summed E-state index contributed by atoms with van der Waals surface area (Å²) in [5.74, 6) is 2.74. The van der Waals surface area contributed by atoms with Crippen molar-refractivity contribution in [3.8, 4) is 0 Å². The molecular weight excluding hydrogens is 204 g/mol. The molecular formula is C17H28. The number of hydrogen-bond donors (Lipinski definition) is 0. The first-order valence-corrected chi connectivity index (χ1v) is 7.61. The molecule has 2 bridgehead atoms. The van der Waals surface area contributed by atoms with Crippen LogP contribution in [-0.2, 0) is 0 Å². The van der Waals surface area contributed by atoms with Gasteiger partial charge in [0.2, 0.25) is 0 Å². The van der Waals surface area contributed by atoms with E-state index in [4.69, 9.17) is 0 Å². The molecule has 2 fully saturated rings. The Morgan fingerprint density at radius 3 is 2.24 bits per heavy atom. The Labute approximate surface area is 107 Å². The standard InChI is InChI=1S/C17H28/c1-11-7-6-8-13(11)15-12(2)14-9-10-17(15,5)16(14,3)4/h11,13-14H,6-10H2,1-5H3/t11?,13?,14-,17+/m1/s1. The van der Waals surface area contributed by atoms with Crippen LogP contribution >= 0.6 is 0 Å². The lowest BCUT2D eigenvalue weighted by Crippen LogP contribution is -2.32. The van der Waals surface area contributed by atoms with Gasteiger partial charge in [0, 0.05) is 0 Å². The van der Waals surface area contributed by atoms with Crippen molar-refractivity contribution >= 4 is 0 Å². The lowest BCUT2D eigenvalue weighted by Gasteiger charge is -2.40. The Balaban J connectivity index is 2.05. The van der Waals surface area contributed by atoms with Crippen LogP contribution in [0.4, 0.5) is 0 Å². The smallest absolute Gasteiger partial charge is 0.00538 e. The van der Waals surface area contributed by atoms with E-state index in [0.717, 1.165) is 17.8 Å². The Hall–Kier alpha value is -0.260. The Kier molecular flexibility index (Phi) is 2.36. The molecule has 2 saturated carbocycles. The average molecular weight is 232 g/mol. The lowest BCUT2D eigenvalue weighted by molar-refractivity contribution is 0.155.